The second kappa shape index (κ2) is 8.40. The molecular formula is C29H34ClN3O3S2. The minimum atomic E-state index is -3.44. The number of nitrogens with zero attached hydrogens (tertiary/aromatic N) is 3. The zero-order valence-corrected chi connectivity index (χ0v) is 24.5. The van der Waals surface area contributed by atoms with E-state index in [4.69, 9.17) is 11.6 Å². The average Bonchev–Trinajstić information content (AvgIpc) is 3.31. The van der Waals surface area contributed by atoms with Crippen molar-refractivity contribution in [1.82, 2.24) is 9.29 Å². The normalized spacial score (nSPS) is 26.4. The van der Waals surface area contributed by atoms with Gasteiger partial charge in [-0.15, -0.1) is 11.3 Å². The van der Waals surface area contributed by atoms with Crippen LogP contribution in [-0.2, 0) is 16.6 Å². The van der Waals surface area contributed by atoms with Gasteiger partial charge in [0.1, 0.15) is 0 Å². The summed E-state index contributed by atoms with van der Waals surface area (Å²) < 4.78 is 29.7. The van der Waals surface area contributed by atoms with E-state index in [2.05, 4.69) is 28.1 Å². The zero-order chi connectivity index (χ0) is 26.6. The van der Waals surface area contributed by atoms with Crippen molar-refractivity contribution in [3.63, 3.8) is 0 Å². The van der Waals surface area contributed by atoms with Gasteiger partial charge in [0.25, 0.3) is 0 Å². The monoisotopic (exact) mass is 571 g/mol. The number of fused-ring (bicyclic) bond motifs is 4. The van der Waals surface area contributed by atoms with Gasteiger partial charge in [-0.25, -0.2) is 8.42 Å². The third-order valence-electron chi connectivity index (χ3n) is 9.36. The molecule has 4 aliphatic rings. The molecule has 3 fully saturated rings. The van der Waals surface area contributed by atoms with Gasteiger partial charge in [-0.3, -0.25) is 4.98 Å². The molecule has 0 bridgehead atoms. The van der Waals surface area contributed by atoms with E-state index in [1.807, 2.05) is 37.3 Å². The molecule has 6 nitrogen and oxygen atoms in total. The maximum atomic E-state index is 13.8. The van der Waals surface area contributed by atoms with Crippen LogP contribution in [0.25, 0.3) is 21.3 Å². The second-order valence-electron chi connectivity index (χ2n) is 12.7. The summed E-state index contributed by atoms with van der Waals surface area (Å²) in [5, 5.41) is 10.5. The van der Waals surface area contributed by atoms with E-state index in [-0.39, 0.29) is 18.2 Å². The Hall–Kier alpha value is -1.71. The van der Waals surface area contributed by atoms with Gasteiger partial charge in [-0.1, -0.05) is 11.6 Å². The highest BCUT2D eigenvalue weighted by molar-refractivity contribution is 7.90. The molecule has 0 radical (unpaired) electrons. The summed E-state index contributed by atoms with van der Waals surface area (Å²) in [5.74, 6) is 1.11. The molecule has 2 aliphatic carbocycles. The Morgan fingerprint density at radius 2 is 1.97 bits per heavy atom. The molecule has 2 saturated carbocycles. The number of anilines is 1. The van der Waals surface area contributed by atoms with Gasteiger partial charge < -0.3 is 10.0 Å². The topological polar surface area (TPSA) is 73.7 Å². The molecule has 1 aromatic carbocycles. The molecule has 2 aromatic heterocycles. The van der Waals surface area contributed by atoms with Crippen molar-refractivity contribution >= 4 is 48.9 Å². The van der Waals surface area contributed by atoms with Crippen molar-refractivity contribution in [2.24, 2.45) is 5.92 Å². The molecule has 7 rings (SSSR count). The second-order valence-corrected chi connectivity index (χ2v) is 16.9. The highest BCUT2D eigenvalue weighted by atomic mass is 35.5. The van der Waals surface area contributed by atoms with Crippen LogP contribution in [0.3, 0.4) is 0 Å². The van der Waals surface area contributed by atoms with Crippen molar-refractivity contribution in [1.29, 1.82) is 0 Å². The number of aliphatic hydroxyl groups is 1. The van der Waals surface area contributed by atoms with Gasteiger partial charge >= 0.3 is 0 Å². The predicted octanol–water partition coefficient (Wildman–Crippen LogP) is 6.16. The Kier molecular flexibility index (Phi) is 5.59. The van der Waals surface area contributed by atoms with E-state index in [1.54, 1.807) is 11.3 Å². The number of benzene rings is 1. The number of rotatable bonds is 4. The van der Waals surface area contributed by atoms with E-state index in [1.165, 1.54) is 11.3 Å². The molecule has 1 N–H and O–H groups in total. The first-order valence-corrected chi connectivity index (χ1v) is 16.3. The van der Waals surface area contributed by atoms with E-state index in [0.717, 1.165) is 69.9 Å². The number of hydrogen-bond donors (Lipinski definition) is 1. The van der Waals surface area contributed by atoms with Crippen LogP contribution >= 0.6 is 22.9 Å². The molecule has 0 amide bonds. The molecule has 1 spiro atoms. The van der Waals surface area contributed by atoms with Crippen LogP contribution in [0.2, 0.25) is 5.02 Å². The minimum Gasteiger partial charge on any atom is -0.391 e. The highest BCUT2D eigenvalue weighted by Crippen LogP contribution is 2.60. The molecule has 2 aliphatic heterocycles. The average molecular weight is 572 g/mol. The van der Waals surface area contributed by atoms with E-state index >= 15 is 0 Å². The van der Waals surface area contributed by atoms with Gasteiger partial charge in [0, 0.05) is 57.6 Å². The zero-order valence-electron chi connectivity index (χ0n) is 22.1. The van der Waals surface area contributed by atoms with Crippen molar-refractivity contribution in [2.45, 2.75) is 81.7 Å². The summed E-state index contributed by atoms with van der Waals surface area (Å²) >= 11 is 8.34. The predicted molar refractivity (Wildman–Crippen MR) is 155 cm³/mol. The first-order valence-electron chi connectivity index (χ1n) is 13.6. The number of aromatic nitrogens is 1. The molecule has 38 heavy (non-hydrogen) atoms. The Bertz CT molecular complexity index is 1560. The number of pyridine rings is 1. The Balaban J connectivity index is 1.37. The fourth-order valence-corrected chi connectivity index (χ4v) is 10.2. The number of halogens is 1. The smallest absolute Gasteiger partial charge is 0.219 e. The molecule has 9 heteroatoms. The number of thiophene rings is 1. The van der Waals surface area contributed by atoms with Crippen molar-refractivity contribution in [3.8, 4) is 11.1 Å². The Morgan fingerprint density at radius 3 is 2.66 bits per heavy atom. The van der Waals surface area contributed by atoms with E-state index in [9.17, 15) is 13.5 Å². The first kappa shape index (κ1) is 25.3. The SMILES string of the molecule is CC(C)(C)S(=O)(=O)N1C[C@@H](N2C[C@@H]3C[C@@H]3c3cc(Cl)cc(-c4ccnc5cc(CO)sc45)c32)CC12CCC2. The van der Waals surface area contributed by atoms with Gasteiger partial charge in [-0.05, 0) is 94.5 Å². The van der Waals surface area contributed by atoms with Crippen molar-refractivity contribution in [2.75, 3.05) is 18.0 Å². The lowest BCUT2D eigenvalue weighted by molar-refractivity contribution is 0.125. The quantitative estimate of drug-likeness (QED) is 0.406. The lowest BCUT2D eigenvalue weighted by Gasteiger charge is -2.46. The molecule has 4 heterocycles. The first-order chi connectivity index (χ1) is 18.0. The standard InChI is InChI=1S/C29H34ClN3O3S2/c1-28(2,3)38(35,36)33-15-19(13-29(33)6-4-7-29)32-14-17-9-22(17)24-11-18(30)10-23(26(24)32)21-5-8-31-25-12-20(16-34)37-27(21)25/h5,8,10-12,17,19,22,34H,4,6-7,9,13-16H2,1-3H3/t17-,19-,22-/m0/s1. The fourth-order valence-electron chi connectivity index (χ4n) is 7.13. The Labute approximate surface area is 233 Å². The number of hydrogen-bond acceptors (Lipinski definition) is 6. The summed E-state index contributed by atoms with van der Waals surface area (Å²) in [4.78, 5) is 8.00. The molecule has 1 saturated heterocycles. The van der Waals surface area contributed by atoms with Crippen LogP contribution in [0, 0.1) is 5.92 Å². The summed E-state index contributed by atoms with van der Waals surface area (Å²) in [6, 6.07) is 8.35. The maximum Gasteiger partial charge on any atom is 0.219 e. The summed E-state index contributed by atoms with van der Waals surface area (Å²) in [5.41, 5.74) is 5.32. The third kappa shape index (κ3) is 3.63. The van der Waals surface area contributed by atoms with E-state index in [0.29, 0.717) is 18.4 Å². The van der Waals surface area contributed by atoms with Crippen molar-refractivity contribution < 1.29 is 13.5 Å². The van der Waals surface area contributed by atoms with Crippen LogP contribution in [-0.4, -0.2) is 52.2 Å². The molecule has 0 unspecified atom stereocenters. The van der Waals surface area contributed by atoms with Crippen LogP contribution < -0.4 is 4.90 Å². The summed E-state index contributed by atoms with van der Waals surface area (Å²) in [6.07, 6.45) is 6.85. The highest BCUT2D eigenvalue weighted by Gasteiger charge is 2.59. The van der Waals surface area contributed by atoms with Gasteiger partial charge in [0.2, 0.25) is 10.0 Å². The maximum absolute atomic E-state index is 13.8. The third-order valence-corrected chi connectivity index (χ3v) is 13.4. The minimum absolute atomic E-state index is 0.00770. The largest absolute Gasteiger partial charge is 0.391 e. The lowest BCUT2D eigenvalue weighted by atomic mass is 9.75. The van der Waals surface area contributed by atoms with E-state index < -0.39 is 14.8 Å². The number of aliphatic hydroxyl groups excluding tert-OH is 1. The molecule has 202 valence electrons. The fraction of sp³-hybridized carbons (Fsp3) is 0.552. The molecule has 3 atom stereocenters. The van der Waals surface area contributed by atoms with Gasteiger partial charge in [0.15, 0.2) is 0 Å². The van der Waals surface area contributed by atoms with Gasteiger partial charge in [-0.2, -0.15) is 4.31 Å². The van der Waals surface area contributed by atoms with Gasteiger partial charge in [0.05, 0.1) is 21.6 Å². The molecule has 3 aromatic rings. The van der Waals surface area contributed by atoms with Crippen LogP contribution in [0.4, 0.5) is 5.69 Å². The Morgan fingerprint density at radius 1 is 1.18 bits per heavy atom. The summed E-state index contributed by atoms with van der Waals surface area (Å²) in [6.45, 7) is 6.96. The van der Waals surface area contributed by atoms with Crippen LogP contribution in [0.5, 0.6) is 0 Å². The number of sulfonamides is 1. The van der Waals surface area contributed by atoms with Crippen LogP contribution in [0.1, 0.15) is 69.2 Å². The van der Waals surface area contributed by atoms with Crippen LogP contribution in [0.15, 0.2) is 30.5 Å². The molecular weight excluding hydrogens is 538 g/mol. The van der Waals surface area contributed by atoms with Crippen molar-refractivity contribution in [3.05, 3.63) is 45.9 Å². The summed E-state index contributed by atoms with van der Waals surface area (Å²) in [7, 11) is -3.44. The lowest BCUT2D eigenvalue weighted by Crippen LogP contribution is -2.56.